The highest BCUT2D eigenvalue weighted by Gasteiger charge is 2.17. The van der Waals surface area contributed by atoms with Gasteiger partial charge in [0.1, 0.15) is 12.4 Å². The highest BCUT2D eigenvalue weighted by atomic mass is 32.1. The molecule has 0 spiro atoms. The third-order valence-electron chi connectivity index (χ3n) is 5.05. The summed E-state index contributed by atoms with van der Waals surface area (Å²) in [7, 11) is 0. The summed E-state index contributed by atoms with van der Waals surface area (Å²) in [6.45, 7) is 4.30. The maximum atomic E-state index is 13.0. The number of aromatic amines is 1. The zero-order valence-electron chi connectivity index (χ0n) is 17.5. The van der Waals surface area contributed by atoms with Gasteiger partial charge in [0, 0.05) is 32.9 Å². The number of hydrogen-bond acceptors (Lipinski definition) is 6. The quantitative estimate of drug-likeness (QED) is 0.316. The third kappa shape index (κ3) is 4.02. The van der Waals surface area contributed by atoms with Crippen LogP contribution in [0.15, 0.2) is 59.3 Å². The van der Waals surface area contributed by atoms with Crippen LogP contribution in [0.1, 0.15) is 26.8 Å². The normalized spacial score (nSPS) is 11.1. The Kier molecular flexibility index (Phi) is 5.46. The second-order valence-corrected chi connectivity index (χ2v) is 9.23. The predicted molar refractivity (Wildman–Crippen MR) is 130 cm³/mol. The maximum absolute atomic E-state index is 13.0. The average Bonchev–Trinajstić information content (AvgIpc) is 3.50. The van der Waals surface area contributed by atoms with E-state index >= 15 is 0 Å². The van der Waals surface area contributed by atoms with E-state index in [1.807, 2.05) is 54.9 Å². The second kappa shape index (κ2) is 8.57. The molecule has 2 N–H and O–H groups in total. The number of carbonyl (C=O) groups excluding carboxylic acids is 1. The number of rotatable bonds is 6. The third-order valence-corrected chi connectivity index (χ3v) is 6.63. The number of nitrogens with one attached hydrogen (secondary N) is 2. The van der Waals surface area contributed by atoms with Crippen LogP contribution in [0.25, 0.3) is 22.2 Å². The summed E-state index contributed by atoms with van der Waals surface area (Å²) >= 11 is 2.98. The van der Waals surface area contributed by atoms with E-state index < -0.39 is 0 Å². The van der Waals surface area contributed by atoms with Gasteiger partial charge in [0.2, 0.25) is 0 Å². The highest BCUT2D eigenvalue weighted by molar-refractivity contribution is 7.14. The molecular weight excluding hydrogens is 440 g/mol. The minimum absolute atomic E-state index is 0.258. The van der Waals surface area contributed by atoms with Gasteiger partial charge in [-0.1, -0.05) is 30.3 Å². The Morgan fingerprint density at radius 1 is 1.03 bits per heavy atom. The lowest BCUT2D eigenvalue weighted by atomic mass is 10.1. The minimum atomic E-state index is -0.258. The predicted octanol–water partition coefficient (Wildman–Crippen LogP) is 6.20. The minimum Gasteiger partial charge on any atom is -0.486 e. The number of benzene rings is 2. The number of amides is 1. The van der Waals surface area contributed by atoms with Crippen LogP contribution in [0, 0.1) is 13.8 Å². The fraction of sp³-hybridized carbons (Fsp3) is 0.125. The van der Waals surface area contributed by atoms with Crippen molar-refractivity contribution < 1.29 is 9.53 Å². The number of carbonyl (C=O) groups is 1. The van der Waals surface area contributed by atoms with Gasteiger partial charge in [-0.2, -0.15) is 0 Å². The Hall–Kier alpha value is -3.49. The molecule has 6 nitrogen and oxygen atoms in total. The summed E-state index contributed by atoms with van der Waals surface area (Å²) < 4.78 is 5.89. The lowest BCUT2D eigenvalue weighted by Gasteiger charge is -2.10. The number of H-pyrrole nitrogens is 1. The Morgan fingerprint density at radius 2 is 1.84 bits per heavy atom. The SMILES string of the molecule is Cc1nc(COc2ccccc2C(=O)Nc2nc(-c3c(C)[nH]c4ccccc34)cs2)cs1. The van der Waals surface area contributed by atoms with Crippen LogP contribution in [-0.2, 0) is 6.61 Å². The number of hydrogen-bond donors (Lipinski definition) is 2. The fourth-order valence-electron chi connectivity index (χ4n) is 3.62. The van der Waals surface area contributed by atoms with Crippen LogP contribution < -0.4 is 10.1 Å². The van der Waals surface area contributed by atoms with E-state index in [9.17, 15) is 4.79 Å². The number of fused-ring (bicyclic) bond motifs is 1. The van der Waals surface area contributed by atoms with Gasteiger partial charge in [-0.05, 0) is 32.0 Å². The Morgan fingerprint density at radius 3 is 2.69 bits per heavy atom. The molecule has 0 saturated heterocycles. The van der Waals surface area contributed by atoms with Crippen molar-refractivity contribution in [3.05, 3.63) is 81.2 Å². The first-order valence-electron chi connectivity index (χ1n) is 10.1. The number of ether oxygens (including phenoxy) is 1. The van der Waals surface area contributed by atoms with Crippen molar-refractivity contribution >= 4 is 44.6 Å². The van der Waals surface area contributed by atoms with Crippen molar-refractivity contribution in [2.75, 3.05) is 5.32 Å². The Labute approximate surface area is 192 Å². The van der Waals surface area contributed by atoms with Crippen LogP contribution >= 0.6 is 22.7 Å². The van der Waals surface area contributed by atoms with E-state index in [1.165, 1.54) is 11.3 Å². The molecule has 5 rings (SSSR count). The average molecular weight is 461 g/mol. The van der Waals surface area contributed by atoms with Gasteiger partial charge in [-0.3, -0.25) is 10.1 Å². The molecule has 0 atom stereocenters. The molecule has 1 amide bonds. The van der Waals surface area contributed by atoms with Crippen molar-refractivity contribution in [2.24, 2.45) is 0 Å². The Bertz CT molecular complexity index is 1420. The second-order valence-electron chi connectivity index (χ2n) is 7.31. The molecule has 0 unspecified atom stereocenters. The summed E-state index contributed by atoms with van der Waals surface area (Å²) in [4.78, 5) is 25.5. The number of aromatic nitrogens is 3. The first-order valence-corrected chi connectivity index (χ1v) is 11.8. The number of aryl methyl sites for hydroxylation is 2. The van der Waals surface area contributed by atoms with Crippen molar-refractivity contribution in [2.45, 2.75) is 20.5 Å². The number of anilines is 1. The van der Waals surface area contributed by atoms with Crippen LogP contribution in [0.3, 0.4) is 0 Å². The van der Waals surface area contributed by atoms with Crippen LogP contribution in [0.5, 0.6) is 5.75 Å². The molecule has 0 radical (unpaired) electrons. The molecule has 0 fully saturated rings. The fourth-order valence-corrected chi connectivity index (χ4v) is 4.92. The van der Waals surface area contributed by atoms with Gasteiger partial charge in [-0.25, -0.2) is 9.97 Å². The van der Waals surface area contributed by atoms with E-state index in [0.717, 1.165) is 38.6 Å². The molecule has 0 saturated carbocycles. The van der Waals surface area contributed by atoms with Crippen LogP contribution in [-0.4, -0.2) is 20.9 Å². The lowest BCUT2D eigenvalue weighted by Crippen LogP contribution is -2.13. The van der Waals surface area contributed by atoms with Crippen LogP contribution in [0.2, 0.25) is 0 Å². The summed E-state index contributed by atoms with van der Waals surface area (Å²) in [5.74, 6) is 0.256. The standard InChI is InChI=1S/C24H20N4O2S2/c1-14-22(17-7-3-5-9-19(17)25-14)20-13-32-24(27-20)28-23(29)18-8-4-6-10-21(18)30-11-16-12-31-15(2)26-16/h3-10,12-13,25H,11H2,1-2H3,(H,27,28,29). The Balaban J connectivity index is 1.35. The van der Waals surface area contributed by atoms with Crippen LogP contribution in [0.4, 0.5) is 5.13 Å². The number of thiazole rings is 2. The largest absolute Gasteiger partial charge is 0.486 e. The molecule has 0 bridgehead atoms. The topological polar surface area (TPSA) is 79.9 Å². The van der Waals surface area contributed by atoms with Gasteiger partial charge in [-0.15, -0.1) is 22.7 Å². The van der Waals surface area contributed by atoms with E-state index in [4.69, 9.17) is 4.74 Å². The highest BCUT2D eigenvalue weighted by Crippen LogP contribution is 2.34. The lowest BCUT2D eigenvalue weighted by molar-refractivity contribution is 0.102. The van der Waals surface area contributed by atoms with Gasteiger partial charge in [0.15, 0.2) is 5.13 Å². The first kappa shape index (κ1) is 20.4. The maximum Gasteiger partial charge on any atom is 0.261 e. The summed E-state index contributed by atoms with van der Waals surface area (Å²) in [5.41, 5.74) is 5.31. The van der Waals surface area contributed by atoms with E-state index in [-0.39, 0.29) is 5.91 Å². The van der Waals surface area contributed by atoms with Gasteiger partial charge >= 0.3 is 0 Å². The summed E-state index contributed by atoms with van der Waals surface area (Å²) in [6.07, 6.45) is 0. The molecule has 5 aromatic rings. The van der Waals surface area contributed by atoms with Gasteiger partial charge < -0.3 is 9.72 Å². The molecular formula is C24H20N4O2S2. The van der Waals surface area contributed by atoms with E-state index in [1.54, 1.807) is 23.5 Å². The van der Waals surface area contributed by atoms with Crippen molar-refractivity contribution in [3.8, 4) is 17.0 Å². The monoisotopic (exact) mass is 460 g/mol. The zero-order valence-corrected chi connectivity index (χ0v) is 19.1. The molecule has 160 valence electrons. The van der Waals surface area contributed by atoms with E-state index in [0.29, 0.717) is 23.1 Å². The number of para-hydroxylation sites is 2. The van der Waals surface area contributed by atoms with E-state index in [2.05, 4.69) is 26.3 Å². The smallest absolute Gasteiger partial charge is 0.261 e. The molecule has 32 heavy (non-hydrogen) atoms. The first-order chi connectivity index (χ1) is 15.6. The van der Waals surface area contributed by atoms with Gasteiger partial charge in [0.05, 0.1) is 22.0 Å². The molecule has 0 aliphatic heterocycles. The zero-order chi connectivity index (χ0) is 22.1. The van der Waals surface area contributed by atoms with Gasteiger partial charge in [0.25, 0.3) is 5.91 Å². The van der Waals surface area contributed by atoms with Crippen molar-refractivity contribution in [1.29, 1.82) is 0 Å². The van der Waals surface area contributed by atoms with Crippen molar-refractivity contribution in [3.63, 3.8) is 0 Å². The molecule has 3 aromatic heterocycles. The molecule has 8 heteroatoms. The summed E-state index contributed by atoms with van der Waals surface area (Å²) in [5, 5.41) is 9.48. The molecule has 0 aliphatic rings. The number of nitrogens with zero attached hydrogens (tertiary/aromatic N) is 2. The molecule has 3 heterocycles. The summed E-state index contributed by atoms with van der Waals surface area (Å²) in [6, 6.07) is 15.3. The van der Waals surface area contributed by atoms with Crippen molar-refractivity contribution in [1.82, 2.24) is 15.0 Å². The molecule has 2 aromatic carbocycles. The molecule has 0 aliphatic carbocycles.